The van der Waals surface area contributed by atoms with E-state index < -0.39 is 0 Å². The highest BCUT2D eigenvalue weighted by atomic mass is 16.2. The fourth-order valence-corrected chi connectivity index (χ4v) is 3.90. The summed E-state index contributed by atoms with van der Waals surface area (Å²) in [6.45, 7) is 5.39. The number of carbonyl (C=O) groups is 1. The predicted octanol–water partition coefficient (Wildman–Crippen LogP) is 2.98. The maximum atomic E-state index is 12.9. The number of pyridine rings is 1. The normalized spacial score (nSPS) is 16.8. The summed E-state index contributed by atoms with van der Waals surface area (Å²) in [6.07, 6.45) is 8.33. The first-order valence-electron chi connectivity index (χ1n) is 10.0. The van der Waals surface area contributed by atoms with Crippen LogP contribution in [0.5, 0.6) is 0 Å². The molecule has 1 unspecified atom stereocenters. The number of hydrogen-bond acceptors (Lipinski definition) is 5. The zero-order valence-electron chi connectivity index (χ0n) is 17.2. The highest BCUT2D eigenvalue weighted by Crippen LogP contribution is 2.23. The molecule has 1 saturated heterocycles. The first-order chi connectivity index (χ1) is 14.0. The van der Waals surface area contributed by atoms with Crippen molar-refractivity contribution in [2.75, 3.05) is 13.1 Å². The number of hydrogen-bond donors (Lipinski definition) is 0. The fraction of sp³-hybridized carbons (Fsp3) is 0.409. The Morgan fingerprint density at radius 3 is 2.79 bits per heavy atom. The van der Waals surface area contributed by atoms with Crippen LogP contribution in [0.4, 0.5) is 0 Å². The summed E-state index contributed by atoms with van der Waals surface area (Å²) in [5.74, 6) is 1.33. The summed E-state index contributed by atoms with van der Waals surface area (Å²) in [5.41, 5.74) is 4.14. The Balaban J connectivity index is 1.46. The van der Waals surface area contributed by atoms with Crippen LogP contribution in [0.3, 0.4) is 0 Å². The van der Waals surface area contributed by atoms with E-state index in [1.807, 2.05) is 54.9 Å². The minimum atomic E-state index is 0.0172. The van der Waals surface area contributed by atoms with Gasteiger partial charge in [-0.15, -0.1) is 0 Å². The molecule has 0 N–H and O–H groups in total. The van der Waals surface area contributed by atoms with Crippen molar-refractivity contribution in [3.8, 4) is 11.4 Å². The molecule has 0 bridgehead atoms. The molecule has 0 saturated carbocycles. The highest BCUT2D eigenvalue weighted by Gasteiger charge is 2.26. The Bertz CT molecular complexity index is 1030. The molecule has 4 heterocycles. The van der Waals surface area contributed by atoms with Crippen LogP contribution in [0.25, 0.3) is 11.4 Å². The molecule has 3 aromatic heterocycles. The molecule has 3 aromatic rings. The lowest BCUT2D eigenvalue weighted by Crippen LogP contribution is -2.41. The van der Waals surface area contributed by atoms with Gasteiger partial charge in [0.1, 0.15) is 17.2 Å². The number of aromatic nitrogens is 5. The molecule has 0 spiro atoms. The average molecular weight is 390 g/mol. The monoisotopic (exact) mass is 390 g/mol. The molecule has 29 heavy (non-hydrogen) atoms. The Kier molecular flexibility index (Phi) is 5.38. The van der Waals surface area contributed by atoms with Crippen LogP contribution in [0, 0.1) is 19.8 Å². The van der Waals surface area contributed by atoms with E-state index in [0.717, 1.165) is 61.0 Å². The van der Waals surface area contributed by atoms with Crippen molar-refractivity contribution in [1.82, 2.24) is 29.4 Å². The number of nitrogens with zero attached hydrogens (tertiary/aromatic N) is 6. The van der Waals surface area contributed by atoms with Gasteiger partial charge in [-0.1, -0.05) is 6.07 Å². The molecule has 7 nitrogen and oxygen atoms in total. The molecule has 1 aliphatic rings. The van der Waals surface area contributed by atoms with Crippen LogP contribution in [0.1, 0.15) is 40.5 Å². The van der Waals surface area contributed by atoms with Crippen molar-refractivity contribution < 1.29 is 4.79 Å². The molecule has 0 aromatic carbocycles. The third-order valence-corrected chi connectivity index (χ3v) is 5.58. The number of rotatable bonds is 4. The molecule has 7 heteroatoms. The molecule has 1 atom stereocenters. The van der Waals surface area contributed by atoms with Crippen molar-refractivity contribution in [1.29, 1.82) is 0 Å². The van der Waals surface area contributed by atoms with Crippen molar-refractivity contribution in [2.45, 2.75) is 33.1 Å². The van der Waals surface area contributed by atoms with Gasteiger partial charge in [0, 0.05) is 32.0 Å². The molecule has 0 aliphatic carbocycles. The van der Waals surface area contributed by atoms with E-state index in [1.54, 1.807) is 12.3 Å². The second-order valence-corrected chi connectivity index (χ2v) is 7.77. The number of imidazole rings is 1. The minimum absolute atomic E-state index is 0.0172. The first-order valence-corrected chi connectivity index (χ1v) is 10.0. The Labute approximate surface area is 170 Å². The molecule has 0 radical (unpaired) electrons. The Morgan fingerprint density at radius 1 is 1.17 bits per heavy atom. The number of likely N-dealkylation sites (tertiary alicyclic amines) is 1. The second kappa shape index (κ2) is 8.11. The number of piperidine rings is 1. The van der Waals surface area contributed by atoms with Gasteiger partial charge < -0.3 is 9.47 Å². The van der Waals surface area contributed by atoms with Gasteiger partial charge in [0.25, 0.3) is 5.91 Å². The molecule has 4 rings (SSSR count). The lowest BCUT2D eigenvalue weighted by atomic mass is 9.93. The maximum absolute atomic E-state index is 12.9. The van der Waals surface area contributed by atoms with Crippen molar-refractivity contribution in [3.63, 3.8) is 0 Å². The third-order valence-electron chi connectivity index (χ3n) is 5.58. The lowest BCUT2D eigenvalue weighted by Gasteiger charge is -2.32. The zero-order valence-corrected chi connectivity index (χ0v) is 17.2. The summed E-state index contributed by atoms with van der Waals surface area (Å²) in [7, 11) is 1.98. The Hall–Kier alpha value is -3.09. The summed E-state index contributed by atoms with van der Waals surface area (Å²) in [5, 5.41) is 0. The largest absolute Gasteiger partial charge is 0.337 e. The van der Waals surface area contributed by atoms with Crippen LogP contribution in [-0.4, -0.2) is 48.4 Å². The van der Waals surface area contributed by atoms with Gasteiger partial charge in [-0.2, -0.15) is 0 Å². The quantitative estimate of drug-likeness (QED) is 0.684. The van der Waals surface area contributed by atoms with Gasteiger partial charge in [-0.05, 0) is 51.2 Å². The zero-order chi connectivity index (χ0) is 20.4. The van der Waals surface area contributed by atoms with E-state index >= 15 is 0 Å². The van der Waals surface area contributed by atoms with Gasteiger partial charge in [0.05, 0.1) is 23.8 Å². The van der Waals surface area contributed by atoms with E-state index in [-0.39, 0.29) is 5.91 Å². The van der Waals surface area contributed by atoms with Crippen LogP contribution in [0.2, 0.25) is 0 Å². The molecular weight excluding hydrogens is 364 g/mol. The van der Waals surface area contributed by atoms with Gasteiger partial charge in [-0.25, -0.2) is 15.0 Å². The average Bonchev–Trinajstić information content (AvgIpc) is 3.06. The maximum Gasteiger partial charge on any atom is 0.272 e. The highest BCUT2D eigenvalue weighted by molar-refractivity contribution is 5.92. The van der Waals surface area contributed by atoms with Gasteiger partial charge >= 0.3 is 0 Å². The van der Waals surface area contributed by atoms with E-state index in [0.29, 0.717) is 11.6 Å². The van der Waals surface area contributed by atoms with E-state index in [4.69, 9.17) is 4.98 Å². The summed E-state index contributed by atoms with van der Waals surface area (Å²) in [6, 6.07) is 5.59. The van der Waals surface area contributed by atoms with Crippen LogP contribution < -0.4 is 0 Å². The topological polar surface area (TPSA) is 76.8 Å². The number of aryl methyl sites for hydroxylation is 2. The number of amides is 1. The minimum Gasteiger partial charge on any atom is -0.337 e. The fourth-order valence-electron chi connectivity index (χ4n) is 3.90. The molecular formula is C22H26N6O. The van der Waals surface area contributed by atoms with Gasteiger partial charge in [0.2, 0.25) is 0 Å². The van der Waals surface area contributed by atoms with Crippen molar-refractivity contribution in [3.05, 3.63) is 59.7 Å². The molecule has 1 amide bonds. The Morgan fingerprint density at radius 2 is 2.03 bits per heavy atom. The van der Waals surface area contributed by atoms with Gasteiger partial charge in [-0.3, -0.25) is 9.78 Å². The van der Waals surface area contributed by atoms with Crippen LogP contribution in [-0.2, 0) is 13.5 Å². The van der Waals surface area contributed by atoms with Gasteiger partial charge in [0.15, 0.2) is 0 Å². The van der Waals surface area contributed by atoms with Crippen molar-refractivity contribution >= 4 is 5.91 Å². The molecule has 150 valence electrons. The summed E-state index contributed by atoms with van der Waals surface area (Å²) >= 11 is 0. The summed E-state index contributed by atoms with van der Waals surface area (Å²) < 4.78 is 2.02. The van der Waals surface area contributed by atoms with Crippen LogP contribution >= 0.6 is 0 Å². The lowest BCUT2D eigenvalue weighted by molar-refractivity contribution is 0.0666. The van der Waals surface area contributed by atoms with Crippen molar-refractivity contribution in [2.24, 2.45) is 13.0 Å². The number of carbonyl (C=O) groups excluding carboxylic acids is 1. The van der Waals surface area contributed by atoms with Crippen LogP contribution in [0.15, 0.2) is 36.8 Å². The second-order valence-electron chi connectivity index (χ2n) is 7.77. The smallest absolute Gasteiger partial charge is 0.272 e. The van der Waals surface area contributed by atoms with E-state index in [9.17, 15) is 4.79 Å². The molecule has 1 aliphatic heterocycles. The SMILES string of the molecule is Cc1cccc(C(=O)N2CCCC(Cc3cncc(-c4cnc(C)n4C)n3)C2)n1. The van der Waals surface area contributed by atoms with E-state index in [2.05, 4.69) is 15.0 Å². The van der Waals surface area contributed by atoms with E-state index in [1.165, 1.54) is 0 Å². The molecule has 1 fully saturated rings. The standard InChI is InChI=1S/C22H26N6O/c1-15-6-4-8-19(25-15)22(29)28-9-5-7-17(14-28)10-18-11-23-12-20(26-18)21-13-24-16(2)27(21)3/h4,6,8,11-13,17H,5,7,9-10,14H2,1-3H3. The summed E-state index contributed by atoms with van der Waals surface area (Å²) in [4.78, 5) is 32.7. The first kappa shape index (κ1) is 19.2. The predicted molar refractivity (Wildman–Crippen MR) is 110 cm³/mol. The third kappa shape index (κ3) is 4.18.